The van der Waals surface area contributed by atoms with Crippen LogP contribution < -0.4 is 10.1 Å². The highest BCUT2D eigenvalue weighted by Gasteiger charge is 2.14. The minimum Gasteiger partial charge on any atom is -0.497 e. The maximum Gasteiger partial charge on any atom is 0.252 e. The number of rotatable bonds is 6. The Labute approximate surface area is 164 Å². The molecule has 1 unspecified atom stereocenters. The van der Waals surface area contributed by atoms with Crippen molar-refractivity contribution in [3.8, 4) is 5.75 Å². The lowest BCUT2D eigenvalue weighted by atomic mass is 10.1. The van der Waals surface area contributed by atoms with E-state index in [4.69, 9.17) is 4.74 Å². The van der Waals surface area contributed by atoms with Crippen LogP contribution in [0.25, 0.3) is 0 Å². The lowest BCUT2D eigenvalue weighted by Crippen LogP contribution is -2.22. The summed E-state index contributed by atoms with van der Waals surface area (Å²) in [6.07, 6.45) is -0.654. The van der Waals surface area contributed by atoms with E-state index < -0.39 is 6.10 Å². The van der Waals surface area contributed by atoms with Crippen molar-refractivity contribution in [2.45, 2.75) is 12.6 Å². The van der Waals surface area contributed by atoms with Gasteiger partial charge in [0.05, 0.1) is 19.2 Å². The van der Waals surface area contributed by atoms with Crippen molar-refractivity contribution in [1.82, 2.24) is 5.32 Å². The van der Waals surface area contributed by atoms with E-state index in [1.54, 1.807) is 25.3 Å². The first-order chi connectivity index (χ1) is 12.6. The van der Waals surface area contributed by atoms with Crippen molar-refractivity contribution in [2.24, 2.45) is 0 Å². The van der Waals surface area contributed by atoms with Gasteiger partial charge in [-0.15, -0.1) is 11.3 Å². The molecule has 0 aliphatic carbocycles. The van der Waals surface area contributed by atoms with Crippen LogP contribution >= 0.6 is 27.3 Å². The number of carbonyl (C=O) groups excluding carboxylic acids is 1. The maximum absolute atomic E-state index is 12.4. The van der Waals surface area contributed by atoms with Gasteiger partial charge in [-0.1, -0.05) is 30.3 Å². The lowest BCUT2D eigenvalue weighted by molar-refractivity contribution is 0.0950. The quantitative estimate of drug-likeness (QED) is 0.602. The smallest absolute Gasteiger partial charge is 0.252 e. The van der Waals surface area contributed by atoms with Crippen molar-refractivity contribution in [1.29, 1.82) is 0 Å². The molecule has 0 saturated carbocycles. The van der Waals surface area contributed by atoms with Crippen LogP contribution in [0, 0.1) is 0 Å². The monoisotopic (exact) mass is 431 g/mol. The van der Waals surface area contributed by atoms with E-state index in [1.807, 2.05) is 42.5 Å². The Morgan fingerprint density at radius 1 is 1.19 bits per heavy atom. The third kappa shape index (κ3) is 4.33. The topological polar surface area (TPSA) is 58.6 Å². The van der Waals surface area contributed by atoms with E-state index in [0.717, 1.165) is 15.3 Å². The number of amides is 1. The number of benzene rings is 2. The molecule has 0 bridgehead atoms. The van der Waals surface area contributed by atoms with Crippen molar-refractivity contribution in [3.63, 3.8) is 0 Å². The highest BCUT2D eigenvalue weighted by molar-refractivity contribution is 9.10. The molecule has 1 aromatic heterocycles. The van der Waals surface area contributed by atoms with Gasteiger partial charge in [-0.3, -0.25) is 4.79 Å². The van der Waals surface area contributed by atoms with E-state index in [-0.39, 0.29) is 5.91 Å². The highest BCUT2D eigenvalue weighted by atomic mass is 79.9. The molecular formula is C20H18BrNO3S. The molecule has 26 heavy (non-hydrogen) atoms. The van der Waals surface area contributed by atoms with Gasteiger partial charge in [0.1, 0.15) is 11.9 Å². The second-order valence-electron chi connectivity index (χ2n) is 5.65. The zero-order valence-corrected chi connectivity index (χ0v) is 16.5. The molecule has 0 saturated heterocycles. The number of ether oxygens (including phenoxy) is 1. The van der Waals surface area contributed by atoms with E-state index >= 15 is 0 Å². The lowest BCUT2D eigenvalue weighted by Gasteiger charge is -2.09. The summed E-state index contributed by atoms with van der Waals surface area (Å²) in [5, 5.41) is 13.4. The molecule has 0 aliphatic rings. The molecule has 3 rings (SSSR count). The molecule has 0 spiro atoms. The van der Waals surface area contributed by atoms with Crippen LogP contribution in [-0.2, 0) is 6.54 Å². The van der Waals surface area contributed by atoms with Gasteiger partial charge in [-0.2, -0.15) is 0 Å². The predicted octanol–water partition coefficient (Wildman–Crippen LogP) is 4.53. The molecule has 6 heteroatoms. The van der Waals surface area contributed by atoms with Gasteiger partial charge in [0.2, 0.25) is 0 Å². The molecule has 134 valence electrons. The van der Waals surface area contributed by atoms with Gasteiger partial charge in [0, 0.05) is 14.2 Å². The predicted molar refractivity (Wildman–Crippen MR) is 107 cm³/mol. The van der Waals surface area contributed by atoms with Crippen LogP contribution in [0.3, 0.4) is 0 Å². The summed E-state index contributed by atoms with van der Waals surface area (Å²) in [5.41, 5.74) is 1.37. The molecule has 0 radical (unpaired) electrons. The summed E-state index contributed by atoms with van der Waals surface area (Å²) < 4.78 is 5.88. The Morgan fingerprint density at radius 2 is 1.96 bits per heavy atom. The standard InChI is InChI=1S/C20H18BrNO3S/c1-25-14-7-9-17(21)16(11-14)20(24)22-12-15-8-10-18(26-15)19(23)13-5-3-2-4-6-13/h2-11,19,23H,12H2,1H3,(H,22,24). The first kappa shape index (κ1) is 18.6. The molecule has 1 amide bonds. The van der Waals surface area contributed by atoms with Crippen molar-refractivity contribution < 1.29 is 14.6 Å². The van der Waals surface area contributed by atoms with E-state index in [0.29, 0.717) is 22.3 Å². The summed E-state index contributed by atoms with van der Waals surface area (Å²) in [5.74, 6) is 0.442. The fourth-order valence-electron chi connectivity index (χ4n) is 2.50. The van der Waals surface area contributed by atoms with Crippen molar-refractivity contribution in [2.75, 3.05) is 7.11 Å². The van der Waals surface area contributed by atoms with Gasteiger partial charge in [0.25, 0.3) is 5.91 Å². The minimum absolute atomic E-state index is 0.186. The Balaban J connectivity index is 1.66. The molecule has 1 atom stereocenters. The van der Waals surface area contributed by atoms with Gasteiger partial charge in [-0.25, -0.2) is 0 Å². The average molecular weight is 432 g/mol. The van der Waals surface area contributed by atoms with E-state index in [1.165, 1.54) is 11.3 Å². The third-order valence-corrected chi connectivity index (χ3v) is 5.74. The average Bonchev–Trinajstić information content (AvgIpc) is 3.15. The fourth-order valence-corrected chi connectivity index (χ4v) is 3.90. The van der Waals surface area contributed by atoms with Gasteiger partial charge in [-0.05, 0) is 51.8 Å². The second kappa shape index (κ2) is 8.49. The van der Waals surface area contributed by atoms with Crippen LogP contribution in [0.5, 0.6) is 5.75 Å². The zero-order valence-electron chi connectivity index (χ0n) is 14.1. The number of aliphatic hydroxyl groups excluding tert-OH is 1. The first-order valence-corrected chi connectivity index (χ1v) is 9.63. The molecule has 3 aromatic rings. The van der Waals surface area contributed by atoms with Crippen LogP contribution in [-0.4, -0.2) is 18.1 Å². The van der Waals surface area contributed by atoms with Crippen molar-refractivity contribution >= 4 is 33.2 Å². The second-order valence-corrected chi connectivity index (χ2v) is 7.70. The molecule has 4 nitrogen and oxygen atoms in total. The molecule has 0 aliphatic heterocycles. The van der Waals surface area contributed by atoms with Crippen LogP contribution in [0.2, 0.25) is 0 Å². The number of hydrogen-bond donors (Lipinski definition) is 2. The SMILES string of the molecule is COc1ccc(Br)c(C(=O)NCc2ccc(C(O)c3ccccc3)s2)c1. The number of methoxy groups -OCH3 is 1. The molecule has 1 heterocycles. The van der Waals surface area contributed by atoms with E-state index in [2.05, 4.69) is 21.2 Å². The highest BCUT2D eigenvalue weighted by Crippen LogP contribution is 2.28. The number of carbonyl (C=O) groups is 1. The van der Waals surface area contributed by atoms with Crippen LogP contribution in [0.1, 0.15) is 31.8 Å². The molecule has 0 fully saturated rings. The zero-order chi connectivity index (χ0) is 18.5. The Kier molecular flexibility index (Phi) is 6.08. The normalized spacial score (nSPS) is 11.8. The van der Waals surface area contributed by atoms with Crippen molar-refractivity contribution in [3.05, 3.63) is 86.0 Å². The number of nitrogens with one attached hydrogen (secondary N) is 1. The summed E-state index contributed by atoms with van der Waals surface area (Å²) in [7, 11) is 1.57. The Hall–Kier alpha value is -2.15. The summed E-state index contributed by atoms with van der Waals surface area (Å²) in [4.78, 5) is 14.3. The summed E-state index contributed by atoms with van der Waals surface area (Å²) >= 11 is 4.87. The third-order valence-electron chi connectivity index (χ3n) is 3.91. The Bertz CT molecular complexity index is 895. The van der Waals surface area contributed by atoms with Gasteiger partial charge in [0.15, 0.2) is 0 Å². The van der Waals surface area contributed by atoms with Crippen LogP contribution in [0.4, 0.5) is 0 Å². The van der Waals surface area contributed by atoms with E-state index in [9.17, 15) is 9.90 Å². The number of hydrogen-bond acceptors (Lipinski definition) is 4. The molecule has 2 aromatic carbocycles. The van der Waals surface area contributed by atoms with Gasteiger partial charge < -0.3 is 15.2 Å². The molecular weight excluding hydrogens is 414 g/mol. The fraction of sp³-hybridized carbons (Fsp3) is 0.150. The number of thiophene rings is 1. The summed E-state index contributed by atoms with van der Waals surface area (Å²) in [6, 6.07) is 18.6. The van der Waals surface area contributed by atoms with Crippen LogP contribution in [0.15, 0.2) is 65.1 Å². The number of aliphatic hydroxyl groups is 1. The number of halogens is 1. The van der Waals surface area contributed by atoms with Gasteiger partial charge >= 0.3 is 0 Å². The molecule has 2 N–H and O–H groups in total. The maximum atomic E-state index is 12.4. The largest absolute Gasteiger partial charge is 0.497 e. The first-order valence-electron chi connectivity index (χ1n) is 8.02. The Morgan fingerprint density at radius 3 is 2.69 bits per heavy atom. The summed E-state index contributed by atoms with van der Waals surface area (Å²) in [6.45, 7) is 0.397. The minimum atomic E-state index is -0.654.